The Morgan fingerprint density at radius 1 is 1.03 bits per heavy atom. The van der Waals surface area contributed by atoms with E-state index in [4.69, 9.17) is 4.74 Å². The summed E-state index contributed by atoms with van der Waals surface area (Å²) in [5, 5.41) is 12.8. The van der Waals surface area contributed by atoms with E-state index in [9.17, 15) is 19.7 Å². The van der Waals surface area contributed by atoms with Gasteiger partial charge >= 0.3 is 5.97 Å². The first-order valence-corrected chi connectivity index (χ1v) is 9.97. The van der Waals surface area contributed by atoms with Crippen LogP contribution in [0, 0.1) is 16.0 Å². The highest BCUT2D eigenvalue weighted by molar-refractivity contribution is 6.10. The number of amides is 1. The second kappa shape index (κ2) is 9.38. The molecule has 7 nitrogen and oxygen atoms in total. The second-order valence-corrected chi connectivity index (χ2v) is 7.65. The van der Waals surface area contributed by atoms with Crippen LogP contribution in [0.4, 0.5) is 11.4 Å². The third-order valence-corrected chi connectivity index (χ3v) is 5.02. The van der Waals surface area contributed by atoms with Crippen LogP contribution in [0.2, 0.25) is 0 Å². The summed E-state index contributed by atoms with van der Waals surface area (Å²) in [4.78, 5) is 38.9. The average Bonchev–Trinajstić information content (AvgIpc) is 2.77. The minimum Gasteiger partial charge on any atom is -0.467 e. The van der Waals surface area contributed by atoms with Crippen molar-refractivity contribution in [3.05, 3.63) is 82.4 Å². The van der Waals surface area contributed by atoms with Crippen molar-refractivity contribution in [3.8, 4) is 0 Å². The number of nitro benzene ring substituents is 1. The first kappa shape index (κ1) is 22.0. The number of hydrogen-bond acceptors (Lipinski definition) is 5. The van der Waals surface area contributed by atoms with Gasteiger partial charge < -0.3 is 4.74 Å². The third-order valence-electron chi connectivity index (χ3n) is 5.02. The lowest BCUT2D eigenvalue weighted by Gasteiger charge is -2.31. The topological polar surface area (TPSA) is 89.8 Å². The molecule has 0 aliphatic rings. The van der Waals surface area contributed by atoms with E-state index < -0.39 is 22.8 Å². The predicted molar refractivity (Wildman–Crippen MR) is 119 cm³/mol. The van der Waals surface area contributed by atoms with Crippen LogP contribution >= 0.6 is 0 Å². The summed E-state index contributed by atoms with van der Waals surface area (Å²) in [6, 6.07) is 17.5. The Bertz CT molecular complexity index is 1110. The van der Waals surface area contributed by atoms with Crippen LogP contribution in [-0.4, -0.2) is 30.0 Å². The maximum Gasteiger partial charge on any atom is 0.328 e. The molecular weight excluding hydrogens is 396 g/mol. The van der Waals surface area contributed by atoms with Crippen LogP contribution in [0.1, 0.15) is 30.6 Å². The lowest BCUT2D eigenvalue weighted by Crippen LogP contribution is -2.46. The Morgan fingerprint density at radius 2 is 1.68 bits per heavy atom. The van der Waals surface area contributed by atoms with Crippen molar-refractivity contribution in [2.45, 2.75) is 26.3 Å². The van der Waals surface area contributed by atoms with E-state index in [0.29, 0.717) is 22.8 Å². The monoisotopic (exact) mass is 420 g/mol. The van der Waals surface area contributed by atoms with Gasteiger partial charge in [-0.15, -0.1) is 0 Å². The molecule has 7 heteroatoms. The molecule has 0 aromatic heterocycles. The number of non-ortho nitro benzene ring substituents is 1. The molecule has 3 rings (SSSR count). The number of hydrogen-bond donors (Lipinski definition) is 0. The van der Waals surface area contributed by atoms with E-state index in [1.165, 1.54) is 18.1 Å². The van der Waals surface area contributed by atoms with Crippen molar-refractivity contribution >= 4 is 34.0 Å². The molecule has 3 aromatic carbocycles. The minimum absolute atomic E-state index is 0.0746. The number of carbonyl (C=O) groups excluding carboxylic acids is 2. The summed E-state index contributed by atoms with van der Waals surface area (Å²) in [5.74, 6) is -0.930. The maximum absolute atomic E-state index is 13.6. The molecule has 1 atom stereocenters. The van der Waals surface area contributed by atoms with Crippen molar-refractivity contribution < 1.29 is 19.2 Å². The summed E-state index contributed by atoms with van der Waals surface area (Å²) in [6.45, 7) is 3.87. The van der Waals surface area contributed by atoms with Crippen LogP contribution in [0.25, 0.3) is 10.8 Å². The number of carbonyl (C=O) groups is 2. The number of methoxy groups -OCH3 is 1. The molecule has 0 aliphatic carbocycles. The van der Waals surface area contributed by atoms with Gasteiger partial charge in [-0.25, -0.2) is 4.79 Å². The van der Waals surface area contributed by atoms with Gasteiger partial charge in [-0.1, -0.05) is 50.2 Å². The molecule has 0 fully saturated rings. The van der Waals surface area contributed by atoms with Gasteiger partial charge in [0.15, 0.2) is 0 Å². The van der Waals surface area contributed by atoms with E-state index in [0.717, 1.165) is 0 Å². The van der Waals surface area contributed by atoms with Crippen LogP contribution in [0.15, 0.2) is 66.7 Å². The number of nitro groups is 1. The van der Waals surface area contributed by atoms with Crippen molar-refractivity contribution in [2.75, 3.05) is 12.0 Å². The van der Waals surface area contributed by atoms with Crippen molar-refractivity contribution in [2.24, 2.45) is 5.92 Å². The lowest BCUT2D eigenvalue weighted by atomic mass is 9.99. The first-order chi connectivity index (χ1) is 14.8. The van der Waals surface area contributed by atoms with Gasteiger partial charge in [0.25, 0.3) is 11.6 Å². The molecular formula is C24H24N2O5. The van der Waals surface area contributed by atoms with Crippen molar-refractivity contribution in [3.63, 3.8) is 0 Å². The molecule has 0 saturated heterocycles. The summed E-state index contributed by atoms with van der Waals surface area (Å²) in [6.07, 6.45) is 0.339. The highest BCUT2D eigenvalue weighted by atomic mass is 16.6. The van der Waals surface area contributed by atoms with Gasteiger partial charge in [-0.2, -0.15) is 0 Å². The number of ether oxygens (including phenoxy) is 1. The van der Waals surface area contributed by atoms with Gasteiger partial charge in [-0.05, 0) is 42.0 Å². The number of fused-ring (bicyclic) bond motifs is 1. The van der Waals surface area contributed by atoms with Gasteiger partial charge in [0, 0.05) is 11.6 Å². The molecule has 0 saturated carbocycles. The number of benzene rings is 3. The zero-order valence-corrected chi connectivity index (χ0v) is 17.6. The molecule has 0 bridgehead atoms. The SMILES string of the molecule is COC(=O)[C@H](CC(C)C)N(C(=O)c1ccccc1)c1cc([N+](=O)[O-])c2ccccc2c1. The predicted octanol–water partition coefficient (Wildman–Crippen LogP) is 4.98. The molecule has 0 N–H and O–H groups in total. The number of esters is 1. The minimum atomic E-state index is -0.932. The fraction of sp³-hybridized carbons (Fsp3) is 0.250. The zero-order chi connectivity index (χ0) is 22.5. The standard InChI is InChI=1S/C24H24N2O5/c1-16(2)13-22(24(28)31-3)25(23(27)17-9-5-4-6-10-17)19-14-18-11-7-8-12-20(18)21(15-19)26(29)30/h4-12,14-16,22H,13H2,1-3H3/t22-/m0/s1. The summed E-state index contributed by atoms with van der Waals surface area (Å²) < 4.78 is 5.00. The smallest absolute Gasteiger partial charge is 0.328 e. The molecule has 160 valence electrons. The summed E-state index contributed by atoms with van der Waals surface area (Å²) >= 11 is 0. The summed E-state index contributed by atoms with van der Waals surface area (Å²) in [7, 11) is 1.27. The highest BCUT2D eigenvalue weighted by Crippen LogP contribution is 2.34. The average molecular weight is 420 g/mol. The Hall–Kier alpha value is -3.74. The van der Waals surface area contributed by atoms with Crippen LogP contribution in [-0.2, 0) is 9.53 Å². The lowest BCUT2D eigenvalue weighted by molar-refractivity contribution is -0.383. The van der Waals surface area contributed by atoms with E-state index in [2.05, 4.69) is 0 Å². The Labute approximate surface area is 180 Å². The van der Waals surface area contributed by atoms with Crippen LogP contribution in [0.5, 0.6) is 0 Å². The number of nitrogens with zero attached hydrogens (tertiary/aromatic N) is 2. The fourth-order valence-electron chi connectivity index (χ4n) is 3.61. The molecule has 0 aliphatic heterocycles. The van der Waals surface area contributed by atoms with Gasteiger partial charge in [0.05, 0.1) is 23.1 Å². The number of anilines is 1. The Kier molecular flexibility index (Phi) is 6.65. The molecule has 31 heavy (non-hydrogen) atoms. The van der Waals surface area contributed by atoms with Crippen molar-refractivity contribution in [1.29, 1.82) is 0 Å². The summed E-state index contributed by atoms with van der Waals surface area (Å²) in [5.41, 5.74) is 0.512. The zero-order valence-electron chi connectivity index (χ0n) is 17.6. The molecule has 0 radical (unpaired) electrons. The van der Waals surface area contributed by atoms with Gasteiger partial charge in [-0.3, -0.25) is 19.8 Å². The van der Waals surface area contributed by atoms with E-state index in [1.807, 2.05) is 13.8 Å². The maximum atomic E-state index is 13.6. The molecule has 0 spiro atoms. The van der Waals surface area contributed by atoms with Crippen LogP contribution in [0.3, 0.4) is 0 Å². The molecule has 3 aromatic rings. The second-order valence-electron chi connectivity index (χ2n) is 7.65. The normalized spacial score (nSPS) is 11.9. The molecule has 1 amide bonds. The number of rotatable bonds is 7. The molecule has 0 heterocycles. The van der Waals surface area contributed by atoms with Crippen molar-refractivity contribution in [1.82, 2.24) is 0 Å². The van der Waals surface area contributed by atoms with E-state index in [-0.39, 0.29) is 17.3 Å². The Morgan fingerprint density at radius 3 is 2.29 bits per heavy atom. The van der Waals surface area contributed by atoms with Gasteiger partial charge in [0.2, 0.25) is 0 Å². The van der Waals surface area contributed by atoms with Gasteiger partial charge in [0.1, 0.15) is 6.04 Å². The largest absolute Gasteiger partial charge is 0.467 e. The first-order valence-electron chi connectivity index (χ1n) is 9.97. The van der Waals surface area contributed by atoms with Crippen LogP contribution < -0.4 is 4.90 Å². The third kappa shape index (κ3) is 4.71. The fourth-order valence-corrected chi connectivity index (χ4v) is 3.61. The van der Waals surface area contributed by atoms with E-state index >= 15 is 0 Å². The molecule has 0 unspecified atom stereocenters. The highest BCUT2D eigenvalue weighted by Gasteiger charge is 2.34. The van der Waals surface area contributed by atoms with E-state index in [1.54, 1.807) is 60.7 Å². The Balaban J connectivity index is 2.26. The quantitative estimate of drug-likeness (QED) is 0.305.